The predicted octanol–water partition coefficient (Wildman–Crippen LogP) is 3.75. The normalized spacial score (nSPS) is 16.4. The number of aryl methyl sites for hydroxylation is 2. The van der Waals surface area contributed by atoms with Crippen molar-refractivity contribution in [2.75, 3.05) is 10.6 Å². The standard InChI is InChI=1S/C18H18N2O2S/c1-11-7-8-13(12(2)9-11)19-17(21)10-16-18(22)20-14-5-3-4-6-15(14)23-16/h3-9,16H,10H2,1-2H3,(H,19,21)(H,20,22)/t16-/m0/s1. The number of rotatable bonds is 3. The minimum absolute atomic E-state index is 0.121. The zero-order valence-electron chi connectivity index (χ0n) is 13.1. The topological polar surface area (TPSA) is 58.2 Å². The molecule has 2 N–H and O–H groups in total. The molecule has 5 heteroatoms. The van der Waals surface area contributed by atoms with Gasteiger partial charge in [0.1, 0.15) is 0 Å². The van der Waals surface area contributed by atoms with E-state index < -0.39 is 5.25 Å². The van der Waals surface area contributed by atoms with E-state index >= 15 is 0 Å². The molecule has 0 spiro atoms. The summed E-state index contributed by atoms with van der Waals surface area (Å²) in [6.45, 7) is 3.97. The lowest BCUT2D eigenvalue weighted by Crippen LogP contribution is -2.32. The highest BCUT2D eigenvalue weighted by molar-refractivity contribution is 8.01. The fourth-order valence-electron chi connectivity index (χ4n) is 2.55. The van der Waals surface area contributed by atoms with Crippen molar-refractivity contribution in [3.05, 3.63) is 53.6 Å². The van der Waals surface area contributed by atoms with Gasteiger partial charge in [-0.25, -0.2) is 0 Å². The molecule has 1 heterocycles. The summed E-state index contributed by atoms with van der Waals surface area (Å²) >= 11 is 1.44. The molecule has 2 aromatic rings. The molecule has 3 rings (SSSR count). The van der Waals surface area contributed by atoms with Gasteiger partial charge in [0.25, 0.3) is 0 Å². The van der Waals surface area contributed by atoms with Gasteiger partial charge in [-0.1, -0.05) is 29.8 Å². The fraction of sp³-hybridized carbons (Fsp3) is 0.222. The number of nitrogens with one attached hydrogen (secondary N) is 2. The summed E-state index contributed by atoms with van der Waals surface area (Å²) in [5.74, 6) is -0.270. The molecule has 118 valence electrons. The van der Waals surface area contributed by atoms with Gasteiger partial charge in [0.2, 0.25) is 11.8 Å². The van der Waals surface area contributed by atoms with Crippen molar-refractivity contribution in [1.29, 1.82) is 0 Å². The van der Waals surface area contributed by atoms with E-state index in [4.69, 9.17) is 0 Å². The second-order valence-electron chi connectivity index (χ2n) is 5.66. The molecule has 0 saturated carbocycles. The van der Waals surface area contributed by atoms with Crippen LogP contribution in [0, 0.1) is 13.8 Å². The van der Waals surface area contributed by atoms with E-state index in [-0.39, 0.29) is 18.2 Å². The van der Waals surface area contributed by atoms with Gasteiger partial charge in [-0.3, -0.25) is 9.59 Å². The van der Waals surface area contributed by atoms with Crippen LogP contribution in [-0.4, -0.2) is 17.1 Å². The van der Waals surface area contributed by atoms with Gasteiger partial charge in [-0.2, -0.15) is 0 Å². The summed E-state index contributed by atoms with van der Waals surface area (Å²) in [6, 6.07) is 13.5. The Morgan fingerprint density at radius 1 is 1.22 bits per heavy atom. The van der Waals surface area contributed by atoms with E-state index in [0.29, 0.717) is 0 Å². The number of benzene rings is 2. The Bertz CT molecular complexity index is 773. The minimum atomic E-state index is -0.407. The number of carbonyl (C=O) groups excluding carboxylic acids is 2. The van der Waals surface area contributed by atoms with Crippen LogP contribution in [0.1, 0.15) is 17.5 Å². The second-order valence-corrected chi connectivity index (χ2v) is 6.91. The molecular weight excluding hydrogens is 308 g/mol. The summed E-state index contributed by atoms with van der Waals surface area (Å²) in [6.07, 6.45) is 0.151. The first-order valence-electron chi connectivity index (χ1n) is 7.46. The van der Waals surface area contributed by atoms with Crippen molar-refractivity contribution < 1.29 is 9.59 Å². The largest absolute Gasteiger partial charge is 0.326 e. The van der Waals surface area contributed by atoms with Gasteiger partial charge in [0, 0.05) is 17.0 Å². The zero-order chi connectivity index (χ0) is 16.4. The quantitative estimate of drug-likeness (QED) is 0.903. The van der Waals surface area contributed by atoms with E-state index in [1.165, 1.54) is 11.8 Å². The van der Waals surface area contributed by atoms with E-state index in [1.807, 2.05) is 56.3 Å². The Morgan fingerprint density at radius 3 is 2.78 bits per heavy atom. The Balaban J connectivity index is 1.67. The first kappa shape index (κ1) is 15.6. The van der Waals surface area contributed by atoms with Gasteiger partial charge in [0.05, 0.1) is 10.9 Å². The van der Waals surface area contributed by atoms with Gasteiger partial charge in [-0.05, 0) is 37.6 Å². The Hall–Kier alpha value is -2.27. The molecule has 0 bridgehead atoms. The van der Waals surface area contributed by atoms with Gasteiger partial charge in [-0.15, -0.1) is 11.8 Å². The number of thioether (sulfide) groups is 1. The number of hydrogen-bond acceptors (Lipinski definition) is 3. The molecular formula is C18H18N2O2S. The summed E-state index contributed by atoms with van der Waals surface area (Å²) in [7, 11) is 0. The first-order chi connectivity index (χ1) is 11.0. The number of carbonyl (C=O) groups is 2. The van der Waals surface area contributed by atoms with Gasteiger partial charge >= 0.3 is 0 Å². The maximum absolute atomic E-state index is 12.3. The van der Waals surface area contributed by atoms with E-state index in [9.17, 15) is 9.59 Å². The number of hydrogen-bond donors (Lipinski definition) is 2. The van der Waals surface area contributed by atoms with Crippen molar-refractivity contribution in [1.82, 2.24) is 0 Å². The first-order valence-corrected chi connectivity index (χ1v) is 8.34. The molecule has 1 aliphatic heterocycles. The molecule has 1 aliphatic rings. The third kappa shape index (κ3) is 3.56. The Morgan fingerprint density at radius 2 is 2.00 bits per heavy atom. The molecule has 23 heavy (non-hydrogen) atoms. The molecule has 2 aromatic carbocycles. The van der Waals surface area contributed by atoms with E-state index in [2.05, 4.69) is 10.6 Å². The third-order valence-corrected chi connectivity index (χ3v) is 5.01. The average Bonchev–Trinajstić information content (AvgIpc) is 2.51. The third-order valence-electron chi connectivity index (χ3n) is 3.73. The van der Waals surface area contributed by atoms with E-state index in [1.54, 1.807) is 0 Å². The molecule has 0 unspecified atom stereocenters. The SMILES string of the molecule is Cc1ccc(NC(=O)C[C@@H]2Sc3ccccc3NC2=O)c(C)c1. The average molecular weight is 326 g/mol. The zero-order valence-corrected chi connectivity index (χ0v) is 13.9. The van der Waals surface area contributed by atoms with Crippen LogP contribution in [0.5, 0.6) is 0 Å². The van der Waals surface area contributed by atoms with Crippen molar-refractivity contribution >= 4 is 35.0 Å². The van der Waals surface area contributed by atoms with Crippen LogP contribution < -0.4 is 10.6 Å². The number of amides is 2. The molecule has 0 radical (unpaired) electrons. The highest BCUT2D eigenvalue weighted by atomic mass is 32.2. The maximum atomic E-state index is 12.3. The maximum Gasteiger partial charge on any atom is 0.238 e. The lowest BCUT2D eigenvalue weighted by Gasteiger charge is -2.23. The van der Waals surface area contributed by atoms with Crippen LogP contribution in [0.25, 0.3) is 0 Å². The molecule has 0 fully saturated rings. The number of para-hydroxylation sites is 1. The Labute approximate surface area is 139 Å². The number of anilines is 2. The highest BCUT2D eigenvalue weighted by Crippen LogP contribution is 2.36. The van der Waals surface area contributed by atoms with Crippen LogP contribution in [0.4, 0.5) is 11.4 Å². The van der Waals surface area contributed by atoms with Crippen LogP contribution in [0.2, 0.25) is 0 Å². The summed E-state index contributed by atoms with van der Waals surface area (Å²) in [4.78, 5) is 25.4. The van der Waals surface area contributed by atoms with Crippen LogP contribution in [-0.2, 0) is 9.59 Å². The summed E-state index contributed by atoms with van der Waals surface area (Å²) in [5.41, 5.74) is 3.78. The predicted molar refractivity (Wildman–Crippen MR) is 93.9 cm³/mol. The highest BCUT2D eigenvalue weighted by Gasteiger charge is 2.28. The van der Waals surface area contributed by atoms with Crippen LogP contribution in [0.3, 0.4) is 0 Å². The van der Waals surface area contributed by atoms with Gasteiger partial charge in [0.15, 0.2) is 0 Å². The molecule has 1 atom stereocenters. The fourth-order valence-corrected chi connectivity index (χ4v) is 3.66. The second kappa shape index (κ2) is 6.46. The molecule has 0 aromatic heterocycles. The van der Waals surface area contributed by atoms with Crippen LogP contribution >= 0.6 is 11.8 Å². The molecule has 0 aliphatic carbocycles. The lowest BCUT2D eigenvalue weighted by molar-refractivity contribution is -0.120. The van der Waals surface area contributed by atoms with Crippen molar-refractivity contribution in [3.8, 4) is 0 Å². The van der Waals surface area contributed by atoms with Gasteiger partial charge < -0.3 is 10.6 Å². The summed E-state index contributed by atoms with van der Waals surface area (Å²) in [5, 5.41) is 5.35. The van der Waals surface area contributed by atoms with Crippen molar-refractivity contribution in [2.45, 2.75) is 30.4 Å². The molecule has 2 amide bonds. The van der Waals surface area contributed by atoms with Crippen molar-refractivity contribution in [2.24, 2.45) is 0 Å². The monoisotopic (exact) mass is 326 g/mol. The van der Waals surface area contributed by atoms with Crippen molar-refractivity contribution in [3.63, 3.8) is 0 Å². The number of fused-ring (bicyclic) bond motifs is 1. The molecule has 4 nitrogen and oxygen atoms in total. The Kier molecular flexibility index (Phi) is 4.39. The molecule has 0 saturated heterocycles. The van der Waals surface area contributed by atoms with Crippen LogP contribution in [0.15, 0.2) is 47.4 Å². The minimum Gasteiger partial charge on any atom is -0.326 e. The summed E-state index contributed by atoms with van der Waals surface area (Å²) < 4.78 is 0. The van der Waals surface area contributed by atoms with E-state index in [0.717, 1.165) is 27.4 Å². The lowest BCUT2D eigenvalue weighted by atomic mass is 10.1. The smallest absolute Gasteiger partial charge is 0.238 e.